The van der Waals surface area contributed by atoms with E-state index < -0.39 is 11.8 Å². The van der Waals surface area contributed by atoms with Crippen LogP contribution < -0.4 is 29.8 Å². The molecule has 0 saturated heterocycles. The number of carbonyl (C=O) groups excluding carboxylic acids is 2. The minimum absolute atomic E-state index is 0.115. The van der Waals surface area contributed by atoms with E-state index in [-0.39, 0.29) is 12.4 Å². The van der Waals surface area contributed by atoms with Gasteiger partial charge in [-0.15, -0.1) is 0 Å². The van der Waals surface area contributed by atoms with E-state index in [1.54, 1.807) is 12.1 Å². The van der Waals surface area contributed by atoms with Gasteiger partial charge in [0.05, 0.1) is 14.2 Å². The highest BCUT2D eigenvalue weighted by Gasteiger charge is 2.18. The molecule has 0 saturated carbocycles. The molecule has 0 spiro atoms. The van der Waals surface area contributed by atoms with Crippen molar-refractivity contribution in [1.29, 1.82) is 0 Å². The van der Waals surface area contributed by atoms with Gasteiger partial charge in [-0.25, -0.2) is 0 Å². The number of hydrazine groups is 1. The van der Waals surface area contributed by atoms with E-state index in [9.17, 15) is 9.59 Å². The summed E-state index contributed by atoms with van der Waals surface area (Å²) in [4.78, 5) is 24.5. The van der Waals surface area contributed by atoms with E-state index in [4.69, 9.17) is 18.9 Å². The number of nitrogens with one attached hydrogen (secondary N) is 2. The molecule has 1 heterocycles. The van der Waals surface area contributed by atoms with Gasteiger partial charge in [-0.05, 0) is 46.3 Å². The monoisotopic (exact) mass is 422 g/mol. The number of hydrogen-bond donors (Lipinski definition) is 2. The standard InChI is InChI=1S/C17H15BrN2O6/c1-23-13-6-10(7-14(24-2)15(13)18)17(22)20-19-16(21)9-3-4-11-12(5-9)26-8-25-11/h3-7H,8H2,1-2H3,(H,19,21)(H,20,22). The number of rotatable bonds is 4. The highest BCUT2D eigenvalue weighted by molar-refractivity contribution is 9.10. The van der Waals surface area contributed by atoms with E-state index in [0.29, 0.717) is 33.0 Å². The lowest BCUT2D eigenvalue weighted by Crippen LogP contribution is -2.41. The van der Waals surface area contributed by atoms with Crippen LogP contribution in [0, 0.1) is 0 Å². The molecule has 8 nitrogen and oxygen atoms in total. The van der Waals surface area contributed by atoms with Crippen molar-refractivity contribution in [1.82, 2.24) is 10.9 Å². The van der Waals surface area contributed by atoms with Gasteiger partial charge >= 0.3 is 0 Å². The fourth-order valence-corrected chi connectivity index (χ4v) is 2.85. The average Bonchev–Trinajstić information content (AvgIpc) is 3.13. The van der Waals surface area contributed by atoms with Gasteiger partial charge in [0.2, 0.25) is 6.79 Å². The number of methoxy groups -OCH3 is 2. The molecule has 0 fully saturated rings. The Bertz CT molecular complexity index is 845. The first kappa shape index (κ1) is 17.9. The number of halogens is 1. The largest absolute Gasteiger partial charge is 0.495 e. The van der Waals surface area contributed by atoms with Crippen LogP contribution in [0.5, 0.6) is 23.0 Å². The summed E-state index contributed by atoms with van der Waals surface area (Å²) >= 11 is 3.33. The highest BCUT2D eigenvalue weighted by atomic mass is 79.9. The van der Waals surface area contributed by atoms with Gasteiger partial charge in [-0.2, -0.15) is 0 Å². The topological polar surface area (TPSA) is 95.1 Å². The van der Waals surface area contributed by atoms with Crippen LogP contribution >= 0.6 is 15.9 Å². The van der Waals surface area contributed by atoms with Crippen molar-refractivity contribution in [2.45, 2.75) is 0 Å². The van der Waals surface area contributed by atoms with E-state index in [1.165, 1.54) is 32.4 Å². The first-order chi connectivity index (χ1) is 12.5. The summed E-state index contributed by atoms with van der Waals surface area (Å²) in [6.07, 6.45) is 0. The Hall–Kier alpha value is -2.94. The third kappa shape index (κ3) is 3.52. The lowest BCUT2D eigenvalue weighted by molar-refractivity contribution is 0.0846. The summed E-state index contributed by atoms with van der Waals surface area (Å²) in [6.45, 7) is 0.115. The summed E-state index contributed by atoms with van der Waals surface area (Å²) < 4.78 is 21.4. The molecular formula is C17H15BrN2O6. The fourth-order valence-electron chi connectivity index (χ4n) is 2.30. The highest BCUT2D eigenvalue weighted by Crippen LogP contribution is 2.35. The smallest absolute Gasteiger partial charge is 0.269 e. The Balaban J connectivity index is 1.69. The molecule has 2 amide bonds. The van der Waals surface area contributed by atoms with Crippen molar-refractivity contribution in [3.05, 3.63) is 45.9 Å². The van der Waals surface area contributed by atoms with Crippen LogP contribution in [0.3, 0.4) is 0 Å². The molecule has 2 N–H and O–H groups in total. The zero-order chi connectivity index (χ0) is 18.7. The molecule has 9 heteroatoms. The van der Waals surface area contributed by atoms with E-state index in [1.807, 2.05) is 0 Å². The molecular weight excluding hydrogens is 408 g/mol. The Morgan fingerprint density at radius 2 is 1.50 bits per heavy atom. The molecule has 0 unspecified atom stereocenters. The molecule has 0 radical (unpaired) electrons. The third-order valence-corrected chi connectivity index (χ3v) is 4.41. The molecule has 2 aromatic carbocycles. The lowest BCUT2D eigenvalue weighted by atomic mass is 10.2. The molecule has 0 aromatic heterocycles. The third-order valence-electron chi connectivity index (χ3n) is 3.63. The average molecular weight is 423 g/mol. The number of ether oxygens (including phenoxy) is 4. The quantitative estimate of drug-likeness (QED) is 0.733. The maximum Gasteiger partial charge on any atom is 0.269 e. The van der Waals surface area contributed by atoms with E-state index >= 15 is 0 Å². The fraction of sp³-hybridized carbons (Fsp3) is 0.176. The van der Waals surface area contributed by atoms with Crippen LogP contribution in [0.2, 0.25) is 0 Å². The molecule has 0 atom stereocenters. The second-order valence-electron chi connectivity index (χ2n) is 5.17. The van der Waals surface area contributed by atoms with Crippen LogP contribution in [-0.4, -0.2) is 32.8 Å². The van der Waals surface area contributed by atoms with Crippen molar-refractivity contribution in [3.63, 3.8) is 0 Å². The first-order valence-electron chi connectivity index (χ1n) is 7.45. The van der Waals surface area contributed by atoms with E-state index in [0.717, 1.165) is 0 Å². The second-order valence-corrected chi connectivity index (χ2v) is 5.96. The van der Waals surface area contributed by atoms with Gasteiger partial charge in [0, 0.05) is 11.1 Å². The summed E-state index contributed by atoms with van der Waals surface area (Å²) in [7, 11) is 2.95. The maximum absolute atomic E-state index is 12.3. The summed E-state index contributed by atoms with van der Waals surface area (Å²) in [6, 6.07) is 7.78. The summed E-state index contributed by atoms with van der Waals surface area (Å²) in [5, 5.41) is 0. The lowest BCUT2D eigenvalue weighted by Gasteiger charge is -2.12. The second kappa shape index (κ2) is 7.52. The summed E-state index contributed by atoms with van der Waals surface area (Å²) in [5.41, 5.74) is 5.28. The number of benzene rings is 2. The molecule has 3 rings (SSSR count). The van der Waals surface area contributed by atoms with Crippen LogP contribution in [0.25, 0.3) is 0 Å². The van der Waals surface area contributed by atoms with Gasteiger partial charge in [-0.1, -0.05) is 0 Å². The van der Waals surface area contributed by atoms with Gasteiger partial charge < -0.3 is 18.9 Å². The van der Waals surface area contributed by atoms with Crippen molar-refractivity contribution in [2.75, 3.05) is 21.0 Å². The van der Waals surface area contributed by atoms with Crippen molar-refractivity contribution in [2.24, 2.45) is 0 Å². The first-order valence-corrected chi connectivity index (χ1v) is 8.24. The Kier molecular flexibility index (Phi) is 5.17. The maximum atomic E-state index is 12.3. The van der Waals surface area contributed by atoms with Crippen molar-refractivity contribution < 1.29 is 28.5 Å². The number of amides is 2. The van der Waals surface area contributed by atoms with E-state index in [2.05, 4.69) is 26.8 Å². The minimum atomic E-state index is -0.525. The van der Waals surface area contributed by atoms with Crippen molar-refractivity contribution in [3.8, 4) is 23.0 Å². The molecule has 0 aliphatic carbocycles. The number of fused-ring (bicyclic) bond motifs is 1. The number of carbonyl (C=O) groups is 2. The van der Waals surface area contributed by atoms with Gasteiger partial charge in [0.25, 0.3) is 11.8 Å². The summed E-state index contributed by atoms with van der Waals surface area (Å²) in [5.74, 6) is 0.884. The van der Waals surface area contributed by atoms with Crippen molar-refractivity contribution >= 4 is 27.7 Å². The molecule has 1 aliphatic heterocycles. The normalized spacial score (nSPS) is 11.7. The van der Waals surface area contributed by atoms with Gasteiger partial charge in [0.15, 0.2) is 11.5 Å². The SMILES string of the molecule is COc1cc(C(=O)NNC(=O)c2ccc3c(c2)OCO3)cc(OC)c1Br. The Morgan fingerprint density at radius 1 is 0.923 bits per heavy atom. The van der Waals surface area contributed by atoms with Crippen LogP contribution in [0.15, 0.2) is 34.8 Å². The van der Waals surface area contributed by atoms with Crippen LogP contribution in [0.1, 0.15) is 20.7 Å². The predicted octanol–water partition coefficient (Wildman–Crippen LogP) is 2.27. The van der Waals surface area contributed by atoms with Crippen LogP contribution in [0.4, 0.5) is 0 Å². The predicted molar refractivity (Wildman–Crippen MR) is 94.7 cm³/mol. The van der Waals surface area contributed by atoms with Crippen LogP contribution in [-0.2, 0) is 0 Å². The molecule has 26 heavy (non-hydrogen) atoms. The molecule has 136 valence electrons. The molecule has 2 aromatic rings. The zero-order valence-electron chi connectivity index (χ0n) is 13.9. The number of hydrogen-bond acceptors (Lipinski definition) is 6. The molecule has 0 bridgehead atoms. The minimum Gasteiger partial charge on any atom is -0.495 e. The van der Waals surface area contributed by atoms with Gasteiger partial charge in [-0.3, -0.25) is 20.4 Å². The Morgan fingerprint density at radius 3 is 2.12 bits per heavy atom. The Labute approximate surface area is 157 Å². The van der Waals surface area contributed by atoms with Gasteiger partial charge in [0.1, 0.15) is 16.0 Å². The zero-order valence-corrected chi connectivity index (χ0v) is 15.5. The molecule has 1 aliphatic rings.